The van der Waals surface area contributed by atoms with Crippen molar-refractivity contribution in [3.63, 3.8) is 0 Å². The number of nitro groups is 1. The lowest BCUT2D eigenvalue weighted by Crippen LogP contribution is -2.19. The minimum absolute atomic E-state index is 0.0742. The summed E-state index contributed by atoms with van der Waals surface area (Å²) in [5.41, 5.74) is 3.54. The predicted molar refractivity (Wildman–Crippen MR) is 64.1 cm³/mol. The van der Waals surface area contributed by atoms with Crippen LogP contribution in [0.25, 0.3) is 0 Å². The molecule has 0 fully saturated rings. The summed E-state index contributed by atoms with van der Waals surface area (Å²) < 4.78 is 0. The predicted octanol–water partition coefficient (Wildman–Crippen LogP) is 2.03. The van der Waals surface area contributed by atoms with Crippen LogP contribution in [0.1, 0.15) is 29.8 Å². The molecule has 0 spiro atoms. The third-order valence-corrected chi connectivity index (χ3v) is 2.13. The van der Waals surface area contributed by atoms with Crippen LogP contribution >= 0.6 is 0 Å². The Morgan fingerprint density at radius 2 is 2.06 bits per heavy atom. The van der Waals surface area contributed by atoms with Crippen LogP contribution in [0.3, 0.4) is 0 Å². The van der Waals surface area contributed by atoms with Crippen molar-refractivity contribution >= 4 is 17.3 Å². The number of nitro benzene ring substituents is 1. The summed E-state index contributed by atoms with van der Waals surface area (Å²) in [5, 5.41) is 14.5. The van der Waals surface area contributed by atoms with Gasteiger partial charge in [-0.3, -0.25) is 14.9 Å². The summed E-state index contributed by atoms with van der Waals surface area (Å²) in [6, 6.07) is 4.36. The largest absolute Gasteiger partial charge is 0.273 e. The highest BCUT2D eigenvalue weighted by Crippen LogP contribution is 2.20. The van der Waals surface area contributed by atoms with E-state index in [4.69, 9.17) is 0 Å². The molecule has 0 heterocycles. The minimum atomic E-state index is -0.513. The first-order valence-corrected chi connectivity index (χ1v) is 4.98. The van der Waals surface area contributed by atoms with E-state index >= 15 is 0 Å². The Kier molecular flexibility index (Phi) is 3.92. The van der Waals surface area contributed by atoms with Gasteiger partial charge in [-0.15, -0.1) is 0 Å². The topological polar surface area (TPSA) is 84.6 Å². The average molecular weight is 235 g/mol. The Morgan fingerprint density at radius 1 is 1.41 bits per heavy atom. The van der Waals surface area contributed by atoms with Crippen LogP contribution in [-0.2, 0) is 0 Å². The summed E-state index contributed by atoms with van der Waals surface area (Å²) >= 11 is 0. The number of hydrogen-bond donors (Lipinski definition) is 1. The zero-order chi connectivity index (χ0) is 13.0. The maximum Gasteiger partial charge on any atom is 0.273 e. The van der Waals surface area contributed by atoms with Crippen molar-refractivity contribution in [1.29, 1.82) is 0 Å². The maximum absolute atomic E-state index is 11.7. The van der Waals surface area contributed by atoms with E-state index in [0.29, 0.717) is 11.3 Å². The van der Waals surface area contributed by atoms with Crippen LogP contribution in [0, 0.1) is 17.0 Å². The van der Waals surface area contributed by atoms with Gasteiger partial charge < -0.3 is 0 Å². The van der Waals surface area contributed by atoms with Crippen molar-refractivity contribution < 1.29 is 9.72 Å². The van der Waals surface area contributed by atoms with Gasteiger partial charge in [-0.2, -0.15) is 5.10 Å². The lowest BCUT2D eigenvalue weighted by Gasteiger charge is -2.04. The van der Waals surface area contributed by atoms with Gasteiger partial charge in [0.25, 0.3) is 11.6 Å². The molecule has 17 heavy (non-hydrogen) atoms. The van der Waals surface area contributed by atoms with Gasteiger partial charge in [0, 0.05) is 17.3 Å². The first-order valence-electron chi connectivity index (χ1n) is 4.98. The van der Waals surface area contributed by atoms with Crippen LogP contribution in [0.15, 0.2) is 23.3 Å². The monoisotopic (exact) mass is 235 g/mol. The SMILES string of the molecule is CC(C)=NNC(=O)c1cccc([N+](=O)[O-])c1C. The van der Waals surface area contributed by atoms with Gasteiger partial charge in [-0.05, 0) is 26.8 Å². The second-order valence-electron chi connectivity index (χ2n) is 3.71. The van der Waals surface area contributed by atoms with Crippen molar-refractivity contribution in [2.75, 3.05) is 0 Å². The minimum Gasteiger partial charge on any atom is -0.267 e. The van der Waals surface area contributed by atoms with Crippen LogP contribution in [0.2, 0.25) is 0 Å². The maximum atomic E-state index is 11.7. The molecule has 1 aromatic rings. The van der Waals surface area contributed by atoms with E-state index in [-0.39, 0.29) is 11.3 Å². The Balaban J connectivity index is 3.07. The second-order valence-corrected chi connectivity index (χ2v) is 3.71. The summed E-state index contributed by atoms with van der Waals surface area (Å²) in [6.45, 7) is 5.01. The first-order chi connectivity index (χ1) is 7.93. The lowest BCUT2D eigenvalue weighted by atomic mass is 10.1. The molecule has 0 saturated carbocycles. The normalized spacial score (nSPS) is 9.59. The van der Waals surface area contributed by atoms with Gasteiger partial charge in [0.05, 0.1) is 10.5 Å². The molecule has 1 N–H and O–H groups in total. The van der Waals surface area contributed by atoms with Crippen LogP contribution in [0.4, 0.5) is 5.69 Å². The number of carbonyl (C=O) groups is 1. The summed E-state index contributed by atoms with van der Waals surface area (Å²) in [6.07, 6.45) is 0. The summed E-state index contributed by atoms with van der Waals surface area (Å²) in [5.74, 6) is -0.451. The third-order valence-electron chi connectivity index (χ3n) is 2.13. The van der Waals surface area contributed by atoms with Crippen LogP contribution < -0.4 is 5.43 Å². The van der Waals surface area contributed by atoms with Crippen LogP contribution in [-0.4, -0.2) is 16.5 Å². The van der Waals surface area contributed by atoms with Crippen molar-refractivity contribution in [3.8, 4) is 0 Å². The van der Waals surface area contributed by atoms with E-state index < -0.39 is 10.8 Å². The van der Waals surface area contributed by atoms with E-state index in [1.165, 1.54) is 25.1 Å². The lowest BCUT2D eigenvalue weighted by molar-refractivity contribution is -0.385. The zero-order valence-corrected chi connectivity index (χ0v) is 9.85. The molecule has 6 heteroatoms. The Bertz CT molecular complexity index is 491. The molecule has 0 atom stereocenters. The highest BCUT2D eigenvalue weighted by Gasteiger charge is 2.17. The van der Waals surface area contributed by atoms with Gasteiger partial charge >= 0.3 is 0 Å². The standard InChI is InChI=1S/C11H13N3O3/c1-7(2)12-13-11(15)9-5-4-6-10(8(9)3)14(16)17/h4-6H,1-3H3,(H,13,15). The Hall–Kier alpha value is -2.24. The highest BCUT2D eigenvalue weighted by molar-refractivity contribution is 5.97. The highest BCUT2D eigenvalue weighted by atomic mass is 16.6. The average Bonchev–Trinajstić information content (AvgIpc) is 2.25. The molecule has 1 rings (SSSR count). The molecule has 0 aromatic heterocycles. The number of nitrogens with zero attached hydrogens (tertiary/aromatic N) is 2. The second kappa shape index (κ2) is 5.20. The van der Waals surface area contributed by atoms with Crippen molar-refractivity contribution in [2.45, 2.75) is 20.8 Å². The molecule has 0 saturated heterocycles. The Labute approximate surface area is 98.5 Å². The number of rotatable bonds is 3. The van der Waals surface area contributed by atoms with Gasteiger partial charge in [0.2, 0.25) is 0 Å². The molecule has 0 unspecified atom stereocenters. The molecular weight excluding hydrogens is 222 g/mol. The number of nitrogens with one attached hydrogen (secondary N) is 1. The summed E-state index contributed by atoms with van der Waals surface area (Å²) in [4.78, 5) is 21.9. The molecule has 1 amide bonds. The van der Waals surface area contributed by atoms with E-state index in [9.17, 15) is 14.9 Å². The first kappa shape index (κ1) is 12.8. The molecular formula is C11H13N3O3. The fourth-order valence-electron chi connectivity index (χ4n) is 1.29. The van der Waals surface area contributed by atoms with E-state index in [0.717, 1.165) is 0 Å². The number of amides is 1. The Morgan fingerprint density at radius 3 is 2.59 bits per heavy atom. The van der Waals surface area contributed by atoms with E-state index in [1.807, 2.05) is 0 Å². The molecule has 0 aliphatic rings. The third kappa shape index (κ3) is 3.10. The van der Waals surface area contributed by atoms with Gasteiger partial charge in [-0.25, -0.2) is 5.43 Å². The number of hydrogen-bond acceptors (Lipinski definition) is 4. The van der Waals surface area contributed by atoms with Gasteiger partial charge in [0.1, 0.15) is 0 Å². The number of benzene rings is 1. The molecule has 0 aliphatic heterocycles. The van der Waals surface area contributed by atoms with Gasteiger partial charge in [-0.1, -0.05) is 6.07 Å². The van der Waals surface area contributed by atoms with Crippen molar-refractivity contribution in [2.24, 2.45) is 5.10 Å². The fraction of sp³-hybridized carbons (Fsp3) is 0.273. The molecule has 0 radical (unpaired) electrons. The zero-order valence-electron chi connectivity index (χ0n) is 9.85. The summed E-state index contributed by atoms with van der Waals surface area (Å²) in [7, 11) is 0. The quantitative estimate of drug-likeness (QED) is 0.494. The smallest absolute Gasteiger partial charge is 0.267 e. The van der Waals surface area contributed by atoms with Crippen molar-refractivity contribution in [1.82, 2.24) is 5.43 Å². The number of carbonyl (C=O) groups excluding carboxylic acids is 1. The van der Waals surface area contributed by atoms with Crippen LogP contribution in [0.5, 0.6) is 0 Å². The van der Waals surface area contributed by atoms with Crippen molar-refractivity contribution in [3.05, 3.63) is 39.4 Å². The molecule has 1 aromatic carbocycles. The number of hydrazone groups is 1. The fourth-order valence-corrected chi connectivity index (χ4v) is 1.29. The van der Waals surface area contributed by atoms with E-state index in [2.05, 4.69) is 10.5 Å². The van der Waals surface area contributed by atoms with E-state index in [1.54, 1.807) is 13.8 Å². The molecule has 0 bridgehead atoms. The molecule has 6 nitrogen and oxygen atoms in total. The van der Waals surface area contributed by atoms with Gasteiger partial charge in [0.15, 0.2) is 0 Å². The molecule has 90 valence electrons. The molecule has 0 aliphatic carbocycles.